The number of rotatable bonds is 4. The molecule has 0 bridgehead atoms. The Kier molecular flexibility index (Phi) is 3.56. The van der Waals surface area contributed by atoms with Gasteiger partial charge in [-0.3, -0.25) is 0 Å². The van der Waals surface area contributed by atoms with Gasteiger partial charge in [-0.05, 0) is 11.6 Å². The average Bonchev–Trinajstić information content (AvgIpc) is 2.16. The lowest BCUT2D eigenvalue weighted by Crippen LogP contribution is -2.36. The fourth-order valence-corrected chi connectivity index (χ4v) is 1.01. The van der Waals surface area contributed by atoms with Crippen molar-refractivity contribution in [1.29, 1.82) is 0 Å². The second-order valence-electron chi connectivity index (χ2n) is 2.87. The lowest BCUT2D eigenvalue weighted by atomic mass is 10.2. The molecular formula is C10H10NO4+. The van der Waals surface area contributed by atoms with Crippen LogP contribution in [0.1, 0.15) is 5.56 Å². The number of pyridine rings is 1. The van der Waals surface area contributed by atoms with E-state index < -0.39 is 11.9 Å². The molecule has 0 aliphatic rings. The highest BCUT2D eigenvalue weighted by molar-refractivity contribution is 5.85. The molecular weight excluding hydrogens is 198 g/mol. The minimum Gasteiger partial charge on any atom is -0.478 e. The van der Waals surface area contributed by atoms with Crippen LogP contribution in [0.4, 0.5) is 0 Å². The summed E-state index contributed by atoms with van der Waals surface area (Å²) in [4.78, 5) is 20.6. The normalized spacial score (nSPS) is 10.4. The van der Waals surface area contributed by atoms with Gasteiger partial charge >= 0.3 is 11.9 Å². The van der Waals surface area contributed by atoms with Gasteiger partial charge in [0.15, 0.2) is 12.4 Å². The zero-order chi connectivity index (χ0) is 11.3. The summed E-state index contributed by atoms with van der Waals surface area (Å²) in [5, 5.41) is 16.9. The monoisotopic (exact) mass is 208 g/mol. The molecule has 0 aromatic carbocycles. The van der Waals surface area contributed by atoms with Crippen LogP contribution < -0.4 is 4.57 Å². The van der Waals surface area contributed by atoms with Crippen molar-refractivity contribution < 1.29 is 24.4 Å². The van der Waals surface area contributed by atoms with Crippen LogP contribution in [-0.2, 0) is 16.1 Å². The third-order valence-electron chi connectivity index (χ3n) is 1.65. The van der Waals surface area contributed by atoms with Crippen molar-refractivity contribution in [2.24, 2.45) is 0 Å². The molecule has 5 nitrogen and oxygen atoms in total. The first-order valence-corrected chi connectivity index (χ1v) is 4.20. The summed E-state index contributed by atoms with van der Waals surface area (Å²) in [6.07, 6.45) is 5.62. The Bertz CT molecular complexity index is 394. The molecule has 1 heterocycles. The van der Waals surface area contributed by atoms with Gasteiger partial charge in [0.05, 0.1) is 0 Å². The lowest BCUT2D eigenvalue weighted by Gasteiger charge is -1.92. The zero-order valence-corrected chi connectivity index (χ0v) is 7.83. The number of aliphatic carboxylic acids is 2. The van der Waals surface area contributed by atoms with E-state index in [-0.39, 0.29) is 6.54 Å². The van der Waals surface area contributed by atoms with Gasteiger partial charge in [0, 0.05) is 18.2 Å². The van der Waals surface area contributed by atoms with E-state index in [0.717, 1.165) is 6.08 Å². The fraction of sp³-hybridized carbons (Fsp3) is 0.100. The first-order chi connectivity index (χ1) is 7.08. The summed E-state index contributed by atoms with van der Waals surface area (Å²) in [5.41, 5.74) is 0.707. The number of aromatic nitrogens is 1. The van der Waals surface area contributed by atoms with Crippen LogP contribution in [0.3, 0.4) is 0 Å². The van der Waals surface area contributed by atoms with Gasteiger partial charge in [-0.2, -0.15) is 4.57 Å². The highest BCUT2D eigenvalue weighted by atomic mass is 16.4. The number of nitrogens with zero attached hydrogens (tertiary/aromatic N) is 1. The Morgan fingerprint density at radius 3 is 2.33 bits per heavy atom. The summed E-state index contributed by atoms with van der Waals surface area (Å²) in [5.74, 6) is -1.94. The first-order valence-electron chi connectivity index (χ1n) is 4.20. The Balaban J connectivity index is 2.72. The summed E-state index contributed by atoms with van der Waals surface area (Å²) in [7, 11) is 0. The van der Waals surface area contributed by atoms with Crippen LogP contribution in [0.25, 0.3) is 6.08 Å². The Labute approximate surface area is 85.9 Å². The van der Waals surface area contributed by atoms with Crippen LogP contribution in [0.15, 0.2) is 30.6 Å². The molecule has 0 saturated carbocycles. The lowest BCUT2D eigenvalue weighted by molar-refractivity contribution is -0.685. The van der Waals surface area contributed by atoms with E-state index in [9.17, 15) is 9.59 Å². The maximum Gasteiger partial charge on any atom is 0.370 e. The third-order valence-corrected chi connectivity index (χ3v) is 1.65. The van der Waals surface area contributed by atoms with E-state index in [1.165, 1.54) is 10.6 Å². The highest BCUT2D eigenvalue weighted by Crippen LogP contribution is 1.97. The van der Waals surface area contributed by atoms with Gasteiger partial charge in [-0.1, -0.05) is 0 Å². The molecule has 15 heavy (non-hydrogen) atoms. The zero-order valence-electron chi connectivity index (χ0n) is 7.83. The molecule has 0 fully saturated rings. The SMILES string of the molecule is O=C(O)/C=C/c1cc[n+](CC(=O)O)cc1. The molecule has 1 aromatic rings. The van der Waals surface area contributed by atoms with Crippen molar-refractivity contribution in [3.8, 4) is 0 Å². The van der Waals surface area contributed by atoms with Gasteiger partial charge in [0.2, 0.25) is 6.54 Å². The minimum absolute atomic E-state index is 0.108. The Morgan fingerprint density at radius 1 is 1.27 bits per heavy atom. The van der Waals surface area contributed by atoms with Crippen molar-refractivity contribution >= 4 is 18.0 Å². The van der Waals surface area contributed by atoms with E-state index in [4.69, 9.17) is 10.2 Å². The van der Waals surface area contributed by atoms with E-state index in [1.54, 1.807) is 24.5 Å². The van der Waals surface area contributed by atoms with Crippen molar-refractivity contribution in [2.75, 3.05) is 0 Å². The fourth-order valence-electron chi connectivity index (χ4n) is 1.01. The Hall–Kier alpha value is -2.17. The number of hydrogen-bond acceptors (Lipinski definition) is 2. The molecule has 1 aromatic heterocycles. The second-order valence-corrected chi connectivity index (χ2v) is 2.87. The van der Waals surface area contributed by atoms with Gasteiger partial charge in [-0.25, -0.2) is 9.59 Å². The van der Waals surface area contributed by atoms with Gasteiger partial charge in [0.1, 0.15) is 0 Å². The standard InChI is InChI=1S/C10H9NO4/c12-9(13)2-1-8-3-5-11(6-4-8)7-10(14)15/h1-6H,7H2,(H-,12,13,14,15)/p+1/b2-1+. The molecule has 0 saturated heterocycles. The van der Waals surface area contributed by atoms with Crippen molar-refractivity contribution in [3.63, 3.8) is 0 Å². The number of hydrogen-bond donors (Lipinski definition) is 2. The van der Waals surface area contributed by atoms with Crippen LogP contribution in [-0.4, -0.2) is 22.2 Å². The molecule has 2 N–H and O–H groups in total. The van der Waals surface area contributed by atoms with Crippen molar-refractivity contribution in [2.45, 2.75) is 6.54 Å². The third kappa shape index (κ3) is 4.04. The van der Waals surface area contributed by atoms with E-state index in [2.05, 4.69) is 0 Å². The quantitative estimate of drug-likeness (QED) is 0.545. The molecule has 0 radical (unpaired) electrons. The van der Waals surface area contributed by atoms with Gasteiger partial charge in [0.25, 0.3) is 0 Å². The predicted octanol–water partition coefficient (Wildman–Crippen LogP) is 0.156. The van der Waals surface area contributed by atoms with E-state index >= 15 is 0 Å². The Morgan fingerprint density at radius 2 is 1.87 bits per heavy atom. The van der Waals surface area contributed by atoms with E-state index in [1.807, 2.05) is 0 Å². The highest BCUT2D eigenvalue weighted by Gasteiger charge is 2.05. The number of carboxylic acids is 2. The van der Waals surface area contributed by atoms with Crippen LogP contribution in [0.2, 0.25) is 0 Å². The molecule has 0 unspecified atom stereocenters. The summed E-state index contributed by atoms with van der Waals surface area (Å²) in [6.45, 7) is -0.108. The largest absolute Gasteiger partial charge is 0.478 e. The molecule has 0 spiro atoms. The predicted molar refractivity (Wildman–Crippen MR) is 50.9 cm³/mol. The van der Waals surface area contributed by atoms with Gasteiger partial charge < -0.3 is 10.2 Å². The smallest absolute Gasteiger partial charge is 0.370 e. The number of carboxylic acid groups (broad SMARTS) is 2. The molecule has 1 rings (SSSR count). The molecule has 0 atom stereocenters. The van der Waals surface area contributed by atoms with Crippen LogP contribution in [0.5, 0.6) is 0 Å². The summed E-state index contributed by atoms with van der Waals surface area (Å²) >= 11 is 0. The van der Waals surface area contributed by atoms with Crippen LogP contribution in [0, 0.1) is 0 Å². The van der Waals surface area contributed by atoms with Crippen LogP contribution >= 0.6 is 0 Å². The first kappa shape index (κ1) is 10.9. The van der Waals surface area contributed by atoms with Crippen molar-refractivity contribution in [1.82, 2.24) is 0 Å². The molecule has 0 aliphatic heterocycles. The van der Waals surface area contributed by atoms with Gasteiger partial charge in [-0.15, -0.1) is 0 Å². The number of carbonyl (C=O) groups is 2. The van der Waals surface area contributed by atoms with E-state index in [0.29, 0.717) is 5.56 Å². The molecule has 78 valence electrons. The van der Waals surface area contributed by atoms with Crippen molar-refractivity contribution in [3.05, 3.63) is 36.2 Å². The molecule has 0 amide bonds. The molecule has 0 aliphatic carbocycles. The summed E-state index contributed by atoms with van der Waals surface area (Å²) < 4.78 is 1.49. The second kappa shape index (κ2) is 4.90. The maximum atomic E-state index is 10.4. The maximum absolute atomic E-state index is 10.4. The minimum atomic E-state index is -1.02. The summed E-state index contributed by atoms with van der Waals surface area (Å²) in [6, 6.07) is 3.28. The molecule has 5 heteroatoms. The topological polar surface area (TPSA) is 78.5 Å². The average molecular weight is 208 g/mol.